The standard InChI is InChI=1S/C13H20N2O5S/c1-9-6-11(15-20-9)8-21(18,19)14-7-10-4-2-3-5-12(10)13(16)17/h6,10,12,14H,2-5,7-8H2,1H3,(H,16,17). The maximum absolute atomic E-state index is 12.0. The molecular weight excluding hydrogens is 296 g/mol. The fraction of sp³-hybridized carbons (Fsp3) is 0.692. The largest absolute Gasteiger partial charge is 0.481 e. The molecule has 0 saturated heterocycles. The Kier molecular flexibility index (Phi) is 5.00. The normalized spacial score (nSPS) is 23.1. The first kappa shape index (κ1) is 16.0. The Balaban J connectivity index is 1.92. The maximum atomic E-state index is 12.0. The van der Waals surface area contributed by atoms with E-state index in [0.29, 0.717) is 17.9 Å². The Morgan fingerprint density at radius 2 is 2.19 bits per heavy atom. The van der Waals surface area contributed by atoms with Gasteiger partial charge in [-0.15, -0.1) is 0 Å². The Hall–Kier alpha value is -1.41. The molecule has 7 nitrogen and oxygen atoms in total. The van der Waals surface area contributed by atoms with Crippen LogP contribution in [-0.2, 0) is 20.6 Å². The molecular formula is C13H20N2O5S. The molecule has 1 fully saturated rings. The summed E-state index contributed by atoms with van der Waals surface area (Å²) >= 11 is 0. The Labute approximate surface area is 123 Å². The average molecular weight is 316 g/mol. The van der Waals surface area contributed by atoms with Crippen molar-refractivity contribution in [1.29, 1.82) is 0 Å². The molecule has 1 heterocycles. The van der Waals surface area contributed by atoms with Crippen LogP contribution < -0.4 is 4.72 Å². The van der Waals surface area contributed by atoms with Gasteiger partial charge in [0.1, 0.15) is 17.2 Å². The third-order valence-corrected chi connectivity index (χ3v) is 5.09. The minimum atomic E-state index is -3.54. The third kappa shape index (κ3) is 4.53. The molecule has 1 aliphatic carbocycles. The zero-order valence-electron chi connectivity index (χ0n) is 11.9. The van der Waals surface area contributed by atoms with E-state index in [1.807, 2.05) is 0 Å². The number of rotatable bonds is 6. The van der Waals surface area contributed by atoms with Crippen LogP contribution in [0, 0.1) is 18.8 Å². The van der Waals surface area contributed by atoms with E-state index in [1.165, 1.54) is 0 Å². The van der Waals surface area contributed by atoms with Gasteiger partial charge in [-0.25, -0.2) is 13.1 Å². The van der Waals surface area contributed by atoms with Crippen molar-refractivity contribution in [2.75, 3.05) is 6.54 Å². The van der Waals surface area contributed by atoms with Crippen molar-refractivity contribution in [1.82, 2.24) is 9.88 Å². The van der Waals surface area contributed by atoms with E-state index in [2.05, 4.69) is 9.88 Å². The second-order valence-electron chi connectivity index (χ2n) is 5.53. The van der Waals surface area contributed by atoms with Gasteiger partial charge in [0.05, 0.1) is 5.92 Å². The number of nitrogens with zero attached hydrogens (tertiary/aromatic N) is 1. The van der Waals surface area contributed by atoms with Crippen molar-refractivity contribution >= 4 is 16.0 Å². The summed E-state index contributed by atoms with van der Waals surface area (Å²) in [5.74, 6) is -1.15. The second kappa shape index (κ2) is 6.57. The molecule has 21 heavy (non-hydrogen) atoms. The highest BCUT2D eigenvalue weighted by Crippen LogP contribution is 2.29. The number of aryl methyl sites for hydroxylation is 1. The number of sulfonamides is 1. The van der Waals surface area contributed by atoms with E-state index in [-0.39, 0.29) is 18.2 Å². The van der Waals surface area contributed by atoms with E-state index in [1.54, 1.807) is 13.0 Å². The smallest absolute Gasteiger partial charge is 0.306 e. The minimum absolute atomic E-state index is 0.148. The predicted octanol–water partition coefficient (Wildman–Crippen LogP) is 1.29. The highest BCUT2D eigenvalue weighted by molar-refractivity contribution is 7.88. The first-order chi connectivity index (χ1) is 9.87. The number of carboxylic acid groups (broad SMARTS) is 1. The highest BCUT2D eigenvalue weighted by atomic mass is 32.2. The molecule has 1 aliphatic rings. The monoisotopic (exact) mass is 316 g/mol. The first-order valence-electron chi connectivity index (χ1n) is 7.00. The van der Waals surface area contributed by atoms with Crippen molar-refractivity contribution < 1.29 is 22.8 Å². The van der Waals surface area contributed by atoms with E-state index < -0.39 is 21.9 Å². The number of hydrogen-bond donors (Lipinski definition) is 2. The van der Waals surface area contributed by atoms with Crippen molar-refractivity contribution in [2.45, 2.75) is 38.4 Å². The van der Waals surface area contributed by atoms with Crippen LogP contribution in [-0.4, -0.2) is 31.2 Å². The van der Waals surface area contributed by atoms with Crippen LogP contribution in [0.3, 0.4) is 0 Å². The molecule has 0 aliphatic heterocycles. The molecule has 1 saturated carbocycles. The summed E-state index contributed by atoms with van der Waals surface area (Å²) in [6, 6.07) is 1.57. The van der Waals surface area contributed by atoms with Crippen LogP contribution in [0.1, 0.15) is 37.1 Å². The fourth-order valence-corrected chi connectivity index (χ4v) is 3.84. The van der Waals surface area contributed by atoms with Crippen LogP contribution in [0.25, 0.3) is 0 Å². The summed E-state index contributed by atoms with van der Waals surface area (Å²) in [6.07, 6.45) is 3.18. The lowest BCUT2D eigenvalue weighted by atomic mass is 9.79. The van der Waals surface area contributed by atoms with Crippen LogP contribution in [0.4, 0.5) is 0 Å². The number of aromatic nitrogens is 1. The number of nitrogens with one attached hydrogen (secondary N) is 1. The lowest BCUT2D eigenvalue weighted by Crippen LogP contribution is -2.37. The molecule has 1 aromatic heterocycles. The van der Waals surface area contributed by atoms with Gasteiger partial charge in [-0.1, -0.05) is 18.0 Å². The quantitative estimate of drug-likeness (QED) is 0.818. The Morgan fingerprint density at radius 1 is 1.48 bits per heavy atom. The molecule has 2 N–H and O–H groups in total. The SMILES string of the molecule is Cc1cc(CS(=O)(=O)NCC2CCCCC2C(=O)O)no1. The Morgan fingerprint density at radius 3 is 2.81 bits per heavy atom. The Bertz CT molecular complexity index is 595. The number of aliphatic carboxylic acids is 1. The molecule has 1 aromatic rings. The van der Waals surface area contributed by atoms with Gasteiger partial charge < -0.3 is 9.63 Å². The topological polar surface area (TPSA) is 110 Å². The van der Waals surface area contributed by atoms with Crippen LogP contribution in [0.15, 0.2) is 10.6 Å². The summed E-state index contributed by atoms with van der Waals surface area (Å²) < 4.78 is 31.3. The molecule has 0 radical (unpaired) electrons. The molecule has 8 heteroatoms. The second-order valence-corrected chi connectivity index (χ2v) is 7.33. The van der Waals surface area contributed by atoms with Crippen LogP contribution >= 0.6 is 0 Å². The van der Waals surface area contributed by atoms with Crippen LogP contribution in [0.5, 0.6) is 0 Å². The highest BCUT2D eigenvalue weighted by Gasteiger charge is 2.31. The van der Waals surface area contributed by atoms with Gasteiger partial charge in [-0.05, 0) is 25.7 Å². The summed E-state index contributed by atoms with van der Waals surface area (Å²) in [7, 11) is -3.54. The molecule has 118 valence electrons. The average Bonchev–Trinajstić information content (AvgIpc) is 2.81. The van der Waals surface area contributed by atoms with Crippen molar-refractivity contribution in [2.24, 2.45) is 11.8 Å². The lowest BCUT2D eigenvalue weighted by molar-refractivity contribution is -0.144. The maximum Gasteiger partial charge on any atom is 0.306 e. The van der Waals surface area contributed by atoms with E-state index >= 15 is 0 Å². The van der Waals surface area contributed by atoms with E-state index in [0.717, 1.165) is 19.3 Å². The molecule has 0 bridgehead atoms. The third-order valence-electron chi connectivity index (χ3n) is 3.81. The minimum Gasteiger partial charge on any atom is -0.481 e. The van der Waals surface area contributed by atoms with Gasteiger partial charge in [0.15, 0.2) is 0 Å². The summed E-state index contributed by atoms with van der Waals surface area (Å²) in [4.78, 5) is 11.2. The fourth-order valence-electron chi connectivity index (χ4n) is 2.74. The van der Waals surface area contributed by atoms with Gasteiger partial charge in [0, 0.05) is 12.6 Å². The molecule has 2 unspecified atom stereocenters. The van der Waals surface area contributed by atoms with Gasteiger partial charge >= 0.3 is 5.97 Å². The molecule has 0 amide bonds. The summed E-state index contributed by atoms with van der Waals surface area (Å²) in [5.41, 5.74) is 0.346. The molecule has 0 aromatic carbocycles. The molecule has 0 spiro atoms. The number of hydrogen-bond acceptors (Lipinski definition) is 5. The zero-order valence-corrected chi connectivity index (χ0v) is 12.7. The van der Waals surface area contributed by atoms with Crippen molar-refractivity contribution in [3.63, 3.8) is 0 Å². The summed E-state index contributed by atoms with van der Waals surface area (Å²) in [6.45, 7) is 1.85. The first-order valence-corrected chi connectivity index (χ1v) is 8.65. The van der Waals surface area contributed by atoms with Gasteiger partial charge in [-0.3, -0.25) is 4.79 Å². The van der Waals surface area contributed by atoms with Crippen molar-refractivity contribution in [3.05, 3.63) is 17.5 Å². The number of carbonyl (C=O) groups is 1. The lowest BCUT2D eigenvalue weighted by Gasteiger charge is -2.28. The van der Waals surface area contributed by atoms with Crippen molar-refractivity contribution in [3.8, 4) is 0 Å². The van der Waals surface area contributed by atoms with Gasteiger partial charge in [-0.2, -0.15) is 0 Å². The van der Waals surface area contributed by atoms with E-state index in [4.69, 9.17) is 4.52 Å². The molecule has 2 rings (SSSR count). The van der Waals surface area contributed by atoms with Crippen LogP contribution in [0.2, 0.25) is 0 Å². The van der Waals surface area contributed by atoms with E-state index in [9.17, 15) is 18.3 Å². The van der Waals surface area contributed by atoms with Gasteiger partial charge in [0.2, 0.25) is 10.0 Å². The number of carboxylic acids is 1. The zero-order chi connectivity index (χ0) is 15.5. The van der Waals surface area contributed by atoms with Gasteiger partial charge in [0.25, 0.3) is 0 Å². The predicted molar refractivity (Wildman–Crippen MR) is 75.0 cm³/mol. The summed E-state index contributed by atoms with van der Waals surface area (Å²) in [5, 5.41) is 12.8. The molecule has 2 atom stereocenters.